The maximum Gasteiger partial charge on any atom is 0.420 e. The lowest BCUT2D eigenvalue weighted by Gasteiger charge is -2.09. The number of nitrogens with one attached hydrogen (secondary N) is 1. The monoisotopic (exact) mass is 398 g/mol. The maximum absolute atomic E-state index is 13.1. The summed E-state index contributed by atoms with van der Waals surface area (Å²) in [7, 11) is 0. The number of carbonyl (C=O) groups excluding carboxylic acids is 1. The third-order valence-corrected chi connectivity index (χ3v) is 3.75. The summed E-state index contributed by atoms with van der Waals surface area (Å²) < 4.78 is 53.3. The Morgan fingerprint density at radius 3 is 2.74 bits per heavy atom. The first-order chi connectivity index (χ1) is 12.7. The average molecular weight is 399 g/mol. The van der Waals surface area contributed by atoms with Crippen LogP contribution in [0.3, 0.4) is 0 Å². The number of nitrogens with zero attached hydrogens (tertiary/aromatic N) is 3. The van der Waals surface area contributed by atoms with Crippen LogP contribution >= 0.6 is 11.6 Å². The van der Waals surface area contributed by atoms with Crippen molar-refractivity contribution in [1.82, 2.24) is 19.9 Å². The van der Waals surface area contributed by atoms with Crippen LogP contribution < -0.4 is 5.32 Å². The number of fused-ring (bicyclic) bond motifs is 1. The third kappa shape index (κ3) is 4.43. The van der Waals surface area contributed by atoms with E-state index in [1.807, 2.05) is 0 Å². The van der Waals surface area contributed by atoms with Gasteiger partial charge in [0, 0.05) is 12.3 Å². The second-order valence-corrected chi connectivity index (χ2v) is 5.92. The fourth-order valence-corrected chi connectivity index (χ4v) is 2.55. The third-order valence-electron chi connectivity index (χ3n) is 3.54. The van der Waals surface area contributed by atoms with Gasteiger partial charge in [-0.3, -0.25) is 9.20 Å². The molecule has 27 heavy (non-hydrogen) atoms. The number of aromatic nitrogens is 3. The van der Waals surface area contributed by atoms with Crippen LogP contribution in [0.15, 0.2) is 42.6 Å². The Morgan fingerprint density at radius 2 is 2.04 bits per heavy atom. The Balaban J connectivity index is 1.75. The van der Waals surface area contributed by atoms with Crippen LogP contribution in [-0.2, 0) is 17.5 Å². The molecule has 0 aliphatic heterocycles. The van der Waals surface area contributed by atoms with Gasteiger partial charge in [0.05, 0.1) is 11.6 Å². The lowest BCUT2D eigenvalue weighted by molar-refractivity contribution is -0.136. The number of amides is 1. The first-order valence-electron chi connectivity index (χ1n) is 7.56. The molecule has 0 fully saturated rings. The van der Waals surface area contributed by atoms with Crippen molar-refractivity contribution in [2.24, 2.45) is 0 Å². The van der Waals surface area contributed by atoms with Gasteiger partial charge >= 0.3 is 6.18 Å². The second-order valence-electron chi connectivity index (χ2n) is 5.49. The van der Waals surface area contributed by atoms with E-state index >= 15 is 0 Å². The number of carbonyl (C=O) groups is 1. The largest absolute Gasteiger partial charge is 0.420 e. The summed E-state index contributed by atoms with van der Waals surface area (Å²) in [6, 6.07) is 6.39. The highest BCUT2D eigenvalue weighted by molar-refractivity contribution is 6.30. The number of hydrogen-bond donors (Lipinski definition) is 1. The van der Waals surface area contributed by atoms with Crippen molar-refractivity contribution in [2.45, 2.75) is 12.7 Å². The summed E-state index contributed by atoms with van der Waals surface area (Å²) in [6.07, 6.45) is -0.839. The van der Waals surface area contributed by atoms with Crippen LogP contribution in [0.4, 0.5) is 17.6 Å². The van der Waals surface area contributed by atoms with Gasteiger partial charge in [-0.2, -0.15) is 13.2 Å². The number of pyridine rings is 1. The average Bonchev–Trinajstić information content (AvgIpc) is 2.99. The lowest BCUT2D eigenvalue weighted by Crippen LogP contribution is -2.21. The molecule has 0 saturated heterocycles. The van der Waals surface area contributed by atoms with Gasteiger partial charge in [-0.15, -0.1) is 10.2 Å². The van der Waals surface area contributed by atoms with Crippen LogP contribution in [0.5, 0.6) is 0 Å². The standard InChI is InChI=1S/C17H11ClF4N4O/c18-11-7-13(17(20,21)22)16-25-24-14(26(16)9-11)8-23-15(27)5-4-10-2-1-3-12(19)6-10/h1-7,9H,8H2,(H,23,27)/b5-4+. The number of alkyl halides is 3. The van der Waals surface area contributed by atoms with E-state index in [1.54, 1.807) is 6.07 Å². The molecule has 1 amide bonds. The van der Waals surface area contributed by atoms with Gasteiger partial charge in [0.15, 0.2) is 11.5 Å². The first kappa shape index (κ1) is 18.8. The zero-order valence-corrected chi connectivity index (χ0v) is 14.2. The predicted octanol–water partition coefficient (Wildman–Crippen LogP) is 3.87. The molecule has 0 spiro atoms. The van der Waals surface area contributed by atoms with Crippen molar-refractivity contribution in [3.8, 4) is 0 Å². The molecular formula is C17H11ClF4N4O. The van der Waals surface area contributed by atoms with E-state index in [4.69, 9.17) is 11.6 Å². The molecule has 140 valence electrons. The molecule has 3 aromatic rings. The molecule has 0 aliphatic rings. The molecule has 2 aromatic heterocycles. The highest BCUT2D eigenvalue weighted by atomic mass is 35.5. The lowest BCUT2D eigenvalue weighted by atomic mass is 10.2. The highest BCUT2D eigenvalue weighted by Crippen LogP contribution is 2.33. The van der Waals surface area contributed by atoms with Gasteiger partial charge in [0.1, 0.15) is 11.4 Å². The minimum atomic E-state index is -4.65. The van der Waals surface area contributed by atoms with Gasteiger partial charge in [-0.05, 0) is 29.8 Å². The summed E-state index contributed by atoms with van der Waals surface area (Å²) in [5.74, 6) is -0.899. The molecule has 5 nitrogen and oxygen atoms in total. The highest BCUT2D eigenvalue weighted by Gasteiger charge is 2.35. The number of hydrogen-bond acceptors (Lipinski definition) is 3. The fraction of sp³-hybridized carbons (Fsp3) is 0.118. The van der Waals surface area contributed by atoms with Crippen LogP contribution in [-0.4, -0.2) is 20.5 Å². The topological polar surface area (TPSA) is 59.3 Å². The summed E-state index contributed by atoms with van der Waals surface area (Å²) in [4.78, 5) is 11.9. The Bertz CT molecular complexity index is 1030. The summed E-state index contributed by atoms with van der Waals surface area (Å²) in [6.45, 7) is -0.175. The Labute approximate surface area is 155 Å². The van der Waals surface area contributed by atoms with Crippen molar-refractivity contribution in [3.63, 3.8) is 0 Å². The molecule has 1 aromatic carbocycles. The summed E-state index contributed by atoms with van der Waals surface area (Å²) >= 11 is 5.75. The minimum absolute atomic E-state index is 0.0745. The molecule has 0 aliphatic carbocycles. The number of benzene rings is 1. The van der Waals surface area contributed by atoms with Crippen LogP contribution in [0.25, 0.3) is 11.7 Å². The molecule has 0 saturated carbocycles. The first-order valence-corrected chi connectivity index (χ1v) is 7.93. The molecule has 0 atom stereocenters. The molecule has 3 rings (SSSR count). The Kier molecular flexibility index (Phi) is 5.13. The maximum atomic E-state index is 13.1. The molecule has 0 bridgehead atoms. The molecule has 0 unspecified atom stereocenters. The van der Waals surface area contributed by atoms with Crippen molar-refractivity contribution >= 4 is 29.2 Å². The normalized spacial score (nSPS) is 12.0. The quantitative estimate of drug-likeness (QED) is 0.536. The molecule has 10 heteroatoms. The predicted molar refractivity (Wildman–Crippen MR) is 90.3 cm³/mol. The van der Waals surface area contributed by atoms with Crippen molar-refractivity contribution < 1.29 is 22.4 Å². The fourth-order valence-electron chi connectivity index (χ4n) is 2.34. The number of halogens is 5. The molecule has 1 N–H and O–H groups in total. The van der Waals surface area contributed by atoms with E-state index in [2.05, 4.69) is 15.5 Å². The van der Waals surface area contributed by atoms with Crippen LogP contribution in [0, 0.1) is 5.82 Å². The minimum Gasteiger partial charge on any atom is -0.345 e. The van der Waals surface area contributed by atoms with E-state index in [0.717, 1.165) is 10.5 Å². The van der Waals surface area contributed by atoms with E-state index in [9.17, 15) is 22.4 Å². The van der Waals surface area contributed by atoms with Gasteiger partial charge in [0.25, 0.3) is 0 Å². The van der Waals surface area contributed by atoms with Gasteiger partial charge in [0.2, 0.25) is 5.91 Å². The van der Waals surface area contributed by atoms with Crippen LogP contribution in [0.1, 0.15) is 17.0 Å². The smallest absolute Gasteiger partial charge is 0.345 e. The van der Waals surface area contributed by atoms with E-state index in [1.165, 1.54) is 36.5 Å². The summed E-state index contributed by atoms with van der Waals surface area (Å²) in [5, 5.41) is 9.54. The Morgan fingerprint density at radius 1 is 1.26 bits per heavy atom. The van der Waals surface area contributed by atoms with Crippen molar-refractivity contribution in [2.75, 3.05) is 0 Å². The SMILES string of the molecule is O=C(/C=C/c1cccc(F)c1)NCc1nnc2c(C(F)(F)F)cc(Cl)cn12. The van der Waals surface area contributed by atoms with Gasteiger partial charge in [-0.25, -0.2) is 4.39 Å². The molecule has 0 radical (unpaired) electrons. The second kappa shape index (κ2) is 7.36. The van der Waals surface area contributed by atoms with Gasteiger partial charge < -0.3 is 5.32 Å². The van der Waals surface area contributed by atoms with Crippen molar-refractivity contribution in [1.29, 1.82) is 0 Å². The zero-order valence-electron chi connectivity index (χ0n) is 13.5. The molecule has 2 heterocycles. The summed E-state index contributed by atoms with van der Waals surface area (Å²) in [5.41, 5.74) is -0.947. The van der Waals surface area contributed by atoms with Crippen LogP contribution in [0.2, 0.25) is 5.02 Å². The van der Waals surface area contributed by atoms with E-state index in [0.29, 0.717) is 5.56 Å². The van der Waals surface area contributed by atoms with Gasteiger partial charge in [-0.1, -0.05) is 23.7 Å². The van der Waals surface area contributed by atoms with E-state index in [-0.39, 0.29) is 17.4 Å². The van der Waals surface area contributed by atoms with Crippen molar-refractivity contribution in [3.05, 3.63) is 70.4 Å². The molecular weight excluding hydrogens is 388 g/mol. The Hall–Kier alpha value is -2.94. The number of rotatable bonds is 4. The zero-order chi connectivity index (χ0) is 19.6. The van der Waals surface area contributed by atoms with E-state index < -0.39 is 29.1 Å².